The molecule has 2 bridgehead atoms. The summed E-state index contributed by atoms with van der Waals surface area (Å²) in [6.45, 7) is 7.10. The highest BCUT2D eigenvalue weighted by molar-refractivity contribution is 7.85. The Kier molecular flexibility index (Phi) is 3.12. The topological polar surface area (TPSA) is 54.4 Å². The van der Waals surface area contributed by atoms with Crippen LogP contribution in [-0.4, -0.2) is 13.0 Å². The van der Waals surface area contributed by atoms with Crippen molar-refractivity contribution in [1.29, 1.82) is 0 Å². The van der Waals surface area contributed by atoms with E-state index in [1.54, 1.807) is 12.1 Å². The lowest BCUT2D eigenvalue weighted by atomic mass is 9.69. The van der Waals surface area contributed by atoms with Crippen molar-refractivity contribution in [2.45, 2.75) is 44.9 Å². The number of allylic oxidation sites excluding steroid dienone is 1. The smallest absolute Gasteiger partial charge is 0.282 e. The number of hydrogen-bond donors (Lipinski definition) is 1. The molecule has 21 heavy (non-hydrogen) atoms. The van der Waals surface area contributed by atoms with E-state index in [0.717, 1.165) is 17.9 Å². The second kappa shape index (κ2) is 4.43. The van der Waals surface area contributed by atoms with Crippen LogP contribution in [0.25, 0.3) is 6.08 Å². The fraction of sp³-hybridized carbons (Fsp3) is 0.529. The molecule has 0 spiro atoms. The first kappa shape index (κ1) is 14.8. The van der Waals surface area contributed by atoms with Crippen LogP contribution in [-0.2, 0) is 10.1 Å². The van der Waals surface area contributed by atoms with Gasteiger partial charge in [0, 0.05) is 0 Å². The first-order chi connectivity index (χ1) is 9.64. The maximum Gasteiger partial charge on any atom is 0.294 e. The third-order valence-electron chi connectivity index (χ3n) is 6.13. The first-order valence-corrected chi connectivity index (χ1v) is 8.87. The minimum absolute atomic E-state index is 0.0517. The molecular formula is C17H22O3S. The summed E-state index contributed by atoms with van der Waals surface area (Å²) in [6, 6.07) is 6.45. The molecule has 2 aliphatic rings. The summed E-state index contributed by atoms with van der Waals surface area (Å²) in [7, 11) is -4.11. The van der Waals surface area contributed by atoms with Gasteiger partial charge < -0.3 is 0 Å². The van der Waals surface area contributed by atoms with Crippen molar-refractivity contribution in [3.05, 3.63) is 35.4 Å². The van der Waals surface area contributed by atoms with E-state index in [0.29, 0.717) is 5.41 Å². The van der Waals surface area contributed by atoms with Gasteiger partial charge in [-0.3, -0.25) is 4.55 Å². The van der Waals surface area contributed by atoms with Crippen molar-refractivity contribution < 1.29 is 13.0 Å². The third-order valence-corrected chi connectivity index (χ3v) is 7.00. The monoisotopic (exact) mass is 306 g/mol. The SMILES string of the molecule is CC12CCC(CC1=Cc1ccc(S(=O)(=O)O)cc1)C2(C)C. The van der Waals surface area contributed by atoms with Gasteiger partial charge in [0.05, 0.1) is 4.90 Å². The van der Waals surface area contributed by atoms with Crippen LogP contribution in [0.1, 0.15) is 45.6 Å². The van der Waals surface area contributed by atoms with E-state index >= 15 is 0 Å². The third kappa shape index (κ3) is 2.16. The predicted octanol–water partition coefficient (Wildman–Crippen LogP) is 4.16. The zero-order valence-corrected chi connectivity index (χ0v) is 13.6. The molecule has 0 aliphatic heterocycles. The van der Waals surface area contributed by atoms with Crippen LogP contribution in [0.4, 0.5) is 0 Å². The van der Waals surface area contributed by atoms with E-state index in [-0.39, 0.29) is 10.3 Å². The number of benzene rings is 1. The summed E-state index contributed by atoms with van der Waals surface area (Å²) in [5.41, 5.74) is 3.07. The average Bonchev–Trinajstić information content (AvgIpc) is 2.71. The Bertz CT molecular complexity index is 698. The second-order valence-electron chi connectivity index (χ2n) is 7.21. The highest BCUT2D eigenvalue weighted by Gasteiger charge is 2.58. The summed E-state index contributed by atoms with van der Waals surface area (Å²) in [6.07, 6.45) is 5.89. The summed E-state index contributed by atoms with van der Waals surface area (Å²) in [4.78, 5) is -0.0517. The van der Waals surface area contributed by atoms with Gasteiger partial charge in [0.1, 0.15) is 0 Å². The largest absolute Gasteiger partial charge is 0.294 e. The van der Waals surface area contributed by atoms with Crippen LogP contribution < -0.4 is 0 Å². The van der Waals surface area contributed by atoms with Crippen molar-refractivity contribution >= 4 is 16.2 Å². The van der Waals surface area contributed by atoms with Gasteiger partial charge in [-0.2, -0.15) is 8.42 Å². The summed E-state index contributed by atoms with van der Waals surface area (Å²) in [5.74, 6) is 0.755. The van der Waals surface area contributed by atoms with Gasteiger partial charge in [-0.1, -0.05) is 44.6 Å². The Balaban J connectivity index is 1.94. The maximum atomic E-state index is 11.1. The van der Waals surface area contributed by atoms with Crippen molar-refractivity contribution in [2.75, 3.05) is 0 Å². The minimum atomic E-state index is -4.11. The molecule has 1 aromatic rings. The molecule has 2 fully saturated rings. The molecule has 2 saturated carbocycles. The standard InChI is InChI=1S/C17H22O3S/c1-16(2)13-8-9-17(16,3)14(11-13)10-12-4-6-15(7-5-12)21(18,19)20/h4-7,10,13H,8-9,11H2,1-3H3,(H,18,19,20). The highest BCUT2D eigenvalue weighted by Crippen LogP contribution is 2.68. The fourth-order valence-electron chi connectivity index (χ4n) is 4.17. The maximum absolute atomic E-state index is 11.1. The minimum Gasteiger partial charge on any atom is -0.282 e. The van der Waals surface area contributed by atoms with Crippen molar-refractivity contribution in [3.8, 4) is 0 Å². The quantitative estimate of drug-likeness (QED) is 0.835. The zero-order valence-electron chi connectivity index (χ0n) is 12.8. The zero-order chi connectivity index (χ0) is 15.5. The van der Waals surface area contributed by atoms with Crippen LogP contribution in [0.15, 0.2) is 34.7 Å². The first-order valence-electron chi connectivity index (χ1n) is 7.43. The van der Waals surface area contributed by atoms with Crippen LogP contribution in [0.2, 0.25) is 0 Å². The van der Waals surface area contributed by atoms with E-state index in [4.69, 9.17) is 4.55 Å². The molecule has 2 aliphatic carbocycles. The number of hydrogen-bond acceptors (Lipinski definition) is 2. The van der Waals surface area contributed by atoms with Gasteiger partial charge in [-0.05, 0) is 53.7 Å². The lowest BCUT2D eigenvalue weighted by Crippen LogP contribution is -2.27. The van der Waals surface area contributed by atoms with Gasteiger partial charge in [0.15, 0.2) is 0 Å². The summed E-state index contributed by atoms with van der Waals surface area (Å²) < 4.78 is 31.2. The molecule has 0 heterocycles. The molecule has 3 rings (SSSR count). The van der Waals surface area contributed by atoms with Gasteiger partial charge >= 0.3 is 0 Å². The average molecular weight is 306 g/mol. The van der Waals surface area contributed by atoms with E-state index in [9.17, 15) is 8.42 Å². The molecule has 114 valence electrons. The number of fused-ring (bicyclic) bond motifs is 2. The lowest BCUT2D eigenvalue weighted by Gasteiger charge is -2.35. The van der Waals surface area contributed by atoms with E-state index in [1.165, 1.54) is 30.5 Å². The van der Waals surface area contributed by atoms with Gasteiger partial charge in [0.25, 0.3) is 10.1 Å². The molecule has 2 atom stereocenters. The summed E-state index contributed by atoms with van der Waals surface area (Å²) >= 11 is 0. The molecule has 4 heteroatoms. The lowest BCUT2D eigenvalue weighted by molar-refractivity contribution is 0.180. The molecule has 0 saturated heterocycles. The summed E-state index contributed by atoms with van der Waals surface area (Å²) in [5, 5.41) is 0. The van der Waals surface area contributed by atoms with Gasteiger partial charge in [0.2, 0.25) is 0 Å². The van der Waals surface area contributed by atoms with E-state index in [2.05, 4.69) is 26.8 Å². The molecule has 2 unspecified atom stereocenters. The molecule has 0 amide bonds. The van der Waals surface area contributed by atoms with Crippen LogP contribution in [0, 0.1) is 16.7 Å². The van der Waals surface area contributed by atoms with Gasteiger partial charge in [-0.15, -0.1) is 0 Å². The van der Waals surface area contributed by atoms with Crippen LogP contribution >= 0.6 is 0 Å². The van der Waals surface area contributed by atoms with Crippen molar-refractivity contribution in [1.82, 2.24) is 0 Å². The Labute approximate surface area is 126 Å². The van der Waals surface area contributed by atoms with Gasteiger partial charge in [-0.25, -0.2) is 0 Å². The second-order valence-corrected chi connectivity index (χ2v) is 8.63. The number of rotatable bonds is 2. The highest BCUT2D eigenvalue weighted by atomic mass is 32.2. The van der Waals surface area contributed by atoms with E-state index in [1.807, 2.05) is 0 Å². The Morgan fingerprint density at radius 3 is 2.24 bits per heavy atom. The molecule has 3 nitrogen and oxygen atoms in total. The molecular weight excluding hydrogens is 284 g/mol. The van der Waals surface area contributed by atoms with Crippen molar-refractivity contribution in [2.24, 2.45) is 16.7 Å². The Morgan fingerprint density at radius 1 is 1.19 bits per heavy atom. The van der Waals surface area contributed by atoms with Crippen molar-refractivity contribution in [3.63, 3.8) is 0 Å². The predicted molar refractivity (Wildman–Crippen MR) is 83.5 cm³/mol. The Morgan fingerprint density at radius 2 is 1.81 bits per heavy atom. The molecule has 0 radical (unpaired) electrons. The van der Waals surface area contributed by atoms with E-state index < -0.39 is 10.1 Å². The molecule has 1 N–H and O–H groups in total. The Hall–Kier alpha value is -1.13. The molecule has 0 aromatic heterocycles. The molecule has 1 aromatic carbocycles. The fourth-order valence-corrected chi connectivity index (χ4v) is 4.65. The van der Waals surface area contributed by atoms with Crippen LogP contribution in [0.3, 0.4) is 0 Å². The van der Waals surface area contributed by atoms with Crippen LogP contribution in [0.5, 0.6) is 0 Å². The normalized spacial score (nSPS) is 32.8.